The average molecular weight is 481 g/mol. The van der Waals surface area contributed by atoms with Gasteiger partial charge in [-0.2, -0.15) is 0 Å². The zero-order valence-corrected chi connectivity index (χ0v) is 19.6. The number of nitrogens with zero attached hydrogens (tertiary/aromatic N) is 2. The van der Waals surface area contributed by atoms with E-state index in [-0.39, 0.29) is 30.0 Å². The average Bonchev–Trinajstić information content (AvgIpc) is 3.08. The summed E-state index contributed by atoms with van der Waals surface area (Å²) in [6.45, 7) is 0.509. The number of carbonyl (C=O) groups excluding carboxylic acids is 1. The number of hydrogen-bond donors (Lipinski definition) is 0. The van der Waals surface area contributed by atoms with E-state index in [0.717, 1.165) is 5.56 Å². The lowest BCUT2D eigenvalue weighted by Crippen LogP contribution is -2.61. The highest BCUT2D eigenvalue weighted by molar-refractivity contribution is 7.91. The van der Waals surface area contributed by atoms with Gasteiger partial charge in [-0.3, -0.25) is 9.69 Å². The van der Waals surface area contributed by atoms with Gasteiger partial charge in [-0.1, -0.05) is 17.7 Å². The Morgan fingerprint density at radius 3 is 2.25 bits per heavy atom. The molecule has 172 valence electrons. The molecule has 1 amide bonds. The fraction of sp³-hybridized carbons (Fsp3) is 0.409. The first-order chi connectivity index (χ1) is 15.3. The van der Waals surface area contributed by atoms with E-state index in [1.807, 2.05) is 17.0 Å². The number of hydrogen-bond acceptors (Lipinski definition) is 7. The third kappa shape index (κ3) is 4.24. The minimum atomic E-state index is -3.30. The zero-order chi connectivity index (χ0) is 23.0. The van der Waals surface area contributed by atoms with Crippen molar-refractivity contribution < 1.29 is 27.4 Å². The van der Waals surface area contributed by atoms with Gasteiger partial charge in [-0.05, 0) is 35.9 Å². The predicted molar refractivity (Wildman–Crippen MR) is 122 cm³/mol. The summed E-state index contributed by atoms with van der Waals surface area (Å²) in [5, 5.41) is 0.364. The Labute approximate surface area is 192 Å². The van der Waals surface area contributed by atoms with Crippen LogP contribution in [0, 0.1) is 0 Å². The van der Waals surface area contributed by atoms with E-state index in [0.29, 0.717) is 34.5 Å². The Kier molecular flexibility index (Phi) is 6.24. The number of carbonyl (C=O) groups is 1. The SMILES string of the molecule is COc1ccc(N2C(=O)CN(Cc3ccc(OC)c(OC)c3)C3CS(=O)(=O)CC32)cc1Cl. The maximum absolute atomic E-state index is 13.2. The number of piperazine rings is 1. The molecule has 2 atom stereocenters. The standard InChI is InChI=1S/C22H25ClN2O6S/c1-29-19-7-5-15(9-16(19)23)25-18-13-32(27,28)12-17(18)24(11-22(25)26)10-14-4-6-20(30-2)21(8-14)31-3/h4-9,17-18H,10-13H2,1-3H3. The Morgan fingerprint density at radius 2 is 1.59 bits per heavy atom. The molecule has 0 aliphatic carbocycles. The van der Waals surface area contributed by atoms with Crippen LogP contribution in [0.4, 0.5) is 5.69 Å². The second-order valence-corrected chi connectivity index (χ2v) is 10.4. The van der Waals surface area contributed by atoms with Crippen molar-refractivity contribution in [2.45, 2.75) is 18.6 Å². The van der Waals surface area contributed by atoms with Gasteiger partial charge in [0.25, 0.3) is 0 Å². The van der Waals surface area contributed by atoms with E-state index in [4.69, 9.17) is 25.8 Å². The van der Waals surface area contributed by atoms with Crippen LogP contribution in [-0.4, -0.2) is 70.7 Å². The highest BCUT2D eigenvalue weighted by atomic mass is 35.5. The van der Waals surface area contributed by atoms with E-state index in [1.165, 1.54) is 7.11 Å². The first kappa shape index (κ1) is 22.7. The van der Waals surface area contributed by atoms with Crippen molar-refractivity contribution in [3.05, 3.63) is 47.0 Å². The monoisotopic (exact) mass is 480 g/mol. The summed E-state index contributed by atoms with van der Waals surface area (Å²) in [7, 11) is 1.33. The van der Waals surface area contributed by atoms with Crippen LogP contribution in [0.2, 0.25) is 5.02 Å². The van der Waals surface area contributed by atoms with Crippen LogP contribution in [0.15, 0.2) is 36.4 Å². The lowest BCUT2D eigenvalue weighted by atomic mass is 10.0. The molecule has 0 radical (unpaired) electrons. The van der Waals surface area contributed by atoms with E-state index < -0.39 is 15.9 Å². The Hall–Kier alpha value is -2.49. The topological polar surface area (TPSA) is 85.4 Å². The van der Waals surface area contributed by atoms with Crippen molar-refractivity contribution in [2.24, 2.45) is 0 Å². The summed E-state index contributed by atoms with van der Waals surface area (Å²) in [4.78, 5) is 16.7. The summed E-state index contributed by atoms with van der Waals surface area (Å²) in [6.07, 6.45) is 0. The summed E-state index contributed by atoms with van der Waals surface area (Å²) in [5.41, 5.74) is 1.47. The van der Waals surface area contributed by atoms with Gasteiger partial charge in [0.15, 0.2) is 21.3 Å². The third-order valence-electron chi connectivity index (χ3n) is 5.95. The number of benzene rings is 2. The van der Waals surface area contributed by atoms with Crippen LogP contribution in [0.5, 0.6) is 17.2 Å². The molecule has 2 fully saturated rings. The highest BCUT2D eigenvalue weighted by Gasteiger charge is 2.49. The minimum absolute atomic E-state index is 0.00137. The van der Waals surface area contributed by atoms with Crippen molar-refractivity contribution in [1.82, 2.24) is 4.90 Å². The van der Waals surface area contributed by atoms with Gasteiger partial charge >= 0.3 is 0 Å². The maximum Gasteiger partial charge on any atom is 0.241 e. The van der Waals surface area contributed by atoms with Gasteiger partial charge in [-0.15, -0.1) is 0 Å². The van der Waals surface area contributed by atoms with E-state index in [1.54, 1.807) is 43.4 Å². The molecular weight excluding hydrogens is 456 g/mol. The molecule has 2 aliphatic heterocycles. The molecule has 0 bridgehead atoms. The first-order valence-electron chi connectivity index (χ1n) is 10.1. The molecular formula is C22H25ClN2O6S. The molecule has 32 heavy (non-hydrogen) atoms. The summed E-state index contributed by atoms with van der Waals surface area (Å²) in [5.74, 6) is 1.41. The van der Waals surface area contributed by atoms with Crippen LogP contribution in [-0.2, 0) is 21.2 Å². The third-order valence-corrected chi connectivity index (χ3v) is 7.94. The lowest BCUT2D eigenvalue weighted by Gasteiger charge is -2.43. The van der Waals surface area contributed by atoms with Crippen molar-refractivity contribution in [2.75, 3.05) is 44.3 Å². The fourth-order valence-electron chi connectivity index (χ4n) is 4.49. The van der Waals surface area contributed by atoms with Gasteiger partial charge in [0.2, 0.25) is 5.91 Å². The number of halogens is 1. The van der Waals surface area contributed by atoms with Crippen molar-refractivity contribution in [3.63, 3.8) is 0 Å². The first-order valence-corrected chi connectivity index (χ1v) is 12.3. The largest absolute Gasteiger partial charge is 0.495 e. The number of sulfone groups is 1. The number of rotatable bonds is 6. The molecule has 0 saturated carbocycles. The minimum Gasteiger partial charge on any atom is -0.495 e. The van der Waals surface area contributed by atoms with Gasteiger partial charge in [0, 0.05) is 18.3 Å². The van der Waals surface area contributed by atoms with Crippen LogP contribution >= 0.6 is 11.6 Å². The molecule has 0 aromatic heterocycles. The molecule has 2 heterocycles. The van der Waals surface area contributed by atoms with Crippen molar-refractivity contribution >= 4 is 33.0 Å². The number of amides is 1. The molecule has 4 rings (SSSR count). The summed E-state index contributed by atoms with van der Waals surface area (Å²) in [6, 6.07) is 9.77. The second kappa shape index (κ2) is 8.80. The summed E-state index contributed by atoms with van der Waals surface area (Å²) < 4.78 is 41.0. The molecule has 10 heteroatoms. The highest BCUT2D eigenvalue weighted by Crippen LogP contribution is 2.36. The molecule has 2 aliphatic rings. The normalized spacial score (nSPS) is 22.5. The number of ether oxygens (including phenoxy) is 3. The molecule has 2 saturated heterocycles. The molecule has 2 aromatic carbocycles. The Morgan fingerprint density at radius 1 is 0.938 bits per heavy atom. The Balaban J connectivity index is 1.65. The van der Waals surface area contributed by atoms with Crippen LogP contribution < -0.4 is 19.1 Å². The zero-order valence-electron chi connectivity index (χ0n) is 18.1. The molecule has 8 nitrogen and oxygen atoms in total. The van der Waals surface area contributed by atoms with Crippen LogP contribution in [0.1, 0.15) is 5.56 Å². The maximum atomic E-state index is 13.2. The van der Waals surface area contributed by atoms with Gasteiger partial charge in [-0.25, -0.2) is 8.42 Å². The fourth-order valence-corrected chi connectivity index (χ4v) is 6.72. The molecule has 2 unspecified atom stereocenters. The van der Waals surface area contributed by atoms with Gasteiger partial charge in [0.05, 0.1) is 50.4 Å². The number of fused-ring (bicyclic) bond motifs is 1. The van der Waals surface area contributed by atoms with Crippen molar-refractivity contribution in [1.29, 1.82) is 0 Å². The Bertz CT molecular complexity index is 1140. The van der Waals surface area contributed by atoms with E-state index in [9.17, 15) is 13.2 Å². The van der Waals surface area contributed by atoms with E-state index in [2.05, 4.69) is 0 Å². The van der Waals surface area contributed by atoms with Gasteiger partial charge < -0.3 is 19.1 Å². The number of methoxy groups -OCH3 is 3. The van der Waals surface area contributed by atoms with Crippen LogP contribution in [0.25, 0.3) is 0 Å². The smallest absolute Gasteiger partial charge is 0.241 e. The van der Waals surface area contributed by atoms with Gasteiger partial charge in [0.1, 0.15) is 5.75 Å². The lowest BCUT2D eigenvalue weighted by molar-refractivity contribution is -0.123. The van der Waals surface area contributed by atoms with Crippen LogP contribution in [0.3, 0.4) is 0 Å². The summed E-state index contributed by atoms with van der Waals surface area (Å²) >= 11 is 6.27. The number of anilines is 1. The molecule has 0 N–H and O–H groups in total. The molecule has 0 spiro atoms. The van der Waals surface area contributed by atoms with Crippen molar-refractivity contribution in [3.8, 4) is 17.2 Å². The van der Waals surface area contributed by atoms with E-state index >= 15 is 0 Å². The predicted octanol–water partition coefficient (Wildman–Crippen LogP) is 2.38. The quantitative estimate of drug-likeness (QED) is 0.627. The second-order valence-electron chi connectivity index (χ2n) is 7.89. The molecule has 2 aromatic rings.